The van der Waals surface area contributed by atoms with E-state index in [2.05, 4.69) is 11.6 Å². The van der Waals surface area contributed by atoms with Gasteiger partial charge >= 0.3 is 5.97 Å². The smallest absolute Gasteiger partial charge is 0.338 e. The first-order chi connectivity index (χ1) is 16.5. The first kappa shape index (κ1) is 21.8. The predicted molar refractivity (Wildman–Crippen MR) is 127 cm³/mol. The lowest BCUT2D eigenvalue weighted by Gasteiger charge is -2.22. The quantitative estimate of drug-likeness (QED) is 0.417. The zero-order chi connectivity index (χ0) is 24.0. The van der Waals surface area contributed by atoms with E-state index in [1.807, 2.05) is 24.3 Å². The van der Waals surface area contributed by atoms with Gasteiger partial charge in [0.2, 0.25) is 0 Å². The van der Waals surface area contributed by atoms with Gasteiger partial charge in [-0.25, -0.2) is 9.79 Å². The van der Waals surface area contributed by atoms with Crippen molar-refractivity contribution >= 4 is 34.5 Å². The van der Waals surface area contributed by atoms with Crippen molar-refractivity contribution in [3.63, 3.8) is 0 Å². The van der Waals surface area contributed by atoms with Crippen LogP contribution in [0.2, 0.25) is 0 Å². The molecule has 172 valence electrons. The van der Waals surface area contributed by atoms with E-state index in [0.29, 0.717) is 33.9 Å². The first-order valence-corrected chi connectivity index (χ1v) is 11.6. The Labute approximate surface area is 198 Å². The van der Waals surface area contributed by atoms with E-state index >= 15 is 0 Å². The van der Waals surface area contributed by atoms with Crippen molar-refractivity contribution < 1.29 is 18.7 Å². The number of ether oxygens (including phenoxy) is 1. The minimum absolute atomic E-state index is 0.180. The van der Waals surface area contributed by atoms with E-state index in [1.165, 1.54) is 10.8 Å². The van der Waals surface area contributed by atoms with Crippen LogP contribution in [-0.4, -0.2) is 29.6 Å². The largest absolute Gasteiger partial charge is 0.467 e. The van der Waals surface area contributed by atoms with Crippen molar-refractivity contribution in [1.29, 1.82) is 0 Å². The van der Waals surface area contributed by atoms with Gasteiger partial charge < -0.3 is 14.1 Å². The van der Waals surface area contributed by atoms with Gasteiger partial charge in [0.05, 0.1) is 35.4 Å². The number of benzene rings is 1. The molecular formula is C25H21N3O5S. The molecule has 4 heterocycles. The molecule has 0 radical (unpaired) electrons. The first-order valence-electron chi connectivity index (χ1n) is 10.8. The van der Waals surface area contributed by atoms with E-state index < -0.39 is 17.6 Å². The van der Waals surface area contributed by atoms with E-state index in [9.17, 15) is 14.4 Å². The number of rotatable bonds is 5. The number of amides is 1. The fourth-order valence-corrected chi connectivity index (χ4v) is 5.50. The molecule has 3 aromatic rings. The summed E-state index contributed by atoms with van der Waals surface area (Å²) in [4.78, 5) is 46.6. The maximum atomic E-state index is 13.8. The van der Waals surface area contributed by atoms with Crippen LogP contribution in [0.1, 0.15) is 31.2 Å². The third-order valence-electron chi connectivity index (χ3n) is 5.77. The fourth-order valence-electron chi connectivity index (χ4n) is 4.37. The number of thiazole rings is 1. The Balaban J connectivity index is 1.81. The van der Waals surface area contributed by atoms with E-state index in [1.54, 1.807) is 37.0 Å². The summed E-state index contributed by atoms with van der Waals surface area (Å²) in [6, 6.07) is 9.88. The Morgan fingerprint density at radius 3 is 2.76 bits per heavy atom. The molecule has 0 bridgehead atoms. The van der Waals surface area contributed by atoms with Gasteiger partial charge in [-0.05, 0) is 32.0 Å². The predicted octanol–water partition coefficient (Wildman–Crippen LogP) is 2.29. The number of esters is 1. The number of carbonyl (C=O) groups excluding carboxylic acids is 2. The average molecular weight is 476 g/mol. The SMILES string of the molecule is C=CCN1C(=O)/C(=c2\sc3n(c2=O)[C@H](c2ccco2)C(C(=O)OCC)=C(C)N=3)c2ccccc21. The molecule has 0 spiro atoms. The molecule has 9 heteroatoms. The maximum absolute atomic E-state index is 13.8. The summed E-state index contributed by atoms with van der Waals surface area (Å²) in [5, 5.41) is 0. The standard InChI is InChI=1S/C25H21N3O5S/c1-4-12-27-16-10-7-6-9-15(16)19(22(27)29)21-23(30)28-20(17-11-8-13-33-17)18(24(31)32-5-2)14(3)26-25(28)34-21/h4,6-11,13,20H,1,5,12H2,2-3H3/b21-19-/t20-/m1/s1. The summed E-state index contributed by atoms with van der Waals surface area (Å²) in [5.74, 6) is -0.439. The van der Waals surface area contributed by atoms with Crippen LogP contribution >= 0.6 is 11.3 Å². The van der Waals surface area contributed by atoms with Gasteiger partial charge in [-0.15, -0.1) is 6.58 Å². The summed E-state index contributed by atoms with van der Waals surface area (Å²) in [5.41, 5.74) is 1.96. The Morgan fingerprint density at radius 2 is 2.06 bits per heavy atom. The number of hydrogen-bond acceptors (Lipinski definition) is 7. The van der Waals surface area contributed by atoms with Crippen LogP contribution in [0.5, 0.6) is 0 Å². The molecule has 2 aliphatic rings. The second-order valence-corrected chi connectivity index (χ2v) is 8.71. The zero-order valence-corrected chi connectivity index (χ0v) is 19.4. The molecular weight excluding hydrogens is 454 g/mol. The van der Waals surface area contributed by atoms with Crippen LogP contribution in [0.4, 0.5) is 5.69 Å². The number of para-hydroxylation sites is 1. The highest BCUT2D eigenvalue weighted by molar-refractivity contribution is 7.07. The van der Waals surface area contributed by atoms with E-state index in [4.69, 9.17) is 9.15 Å². The van der Waals surface area contributed by atoms with Crippen molar-refractivity contribution in [2.45, 2.75) is 19.9 Å². The van der Waals surface area contributed by atoms with Gasteiger partial charge in [0.25, 0.3) is 11.5 Å². The van der Waals surface area contributed by atoms with Crippen LogP contribution in [0.15, 0.2) is 80.8 Å². The number of nitrogens with zero attached hydrogens (tertiary/aromatic N) is 3. The molecule has 0 N–H and O–H groups in total. The third kappa shape index (κ3) is 3.19. The molecule has 1 amide bonds. The Bertz CT molecular complexity index is 1540. The van der Waals surface area contributed by atoms with Crippen molar-refractivity contribution in [2.75, 3.05) is 18.1 Å². The molecule has 2 aliphatic heterocycles. The lowest BCUT2D eigenvalue weighted by Crippen LogP contribution is -2.40. The Morgan fingerprint density at radius 1 is 1.26 bits per heavy atom. The van der Waals surface area contributed by atoms with Crippen molar-refractivity contribution in [3.8, 4) is 0 Å². The van der Waals surface area contributed by atoms with Crippen LogP contribution < -0.4 is 19.8 Å². The molecule has 1 aromatic carbocycles. The summed E-state index contributed by atoms with van der Waals surface area (Å²) in [6.07, 6.45) is 3.13. The normalized spacial score (nSPS) is 18.5. The minimum atomic E-state index is -0.851. The van der Waals surface area contributed by atoms with E-state index in [0.717, 1.165) is 17.0 Å². The maximum Gasteiger partial charge on any atom is 0.338 e. The fraction of sp³-hybridized carbons (Fsp3) is 0.200. The number of aromatic nitrogens is 1. The number of fused-ring (bicyclic) bond motifs is 2. The second kappa shape index (κ2) is 8.42. The van der Waals surface area contributed by atoms with Crippen LogP contribution in [0, 0.1) is 0 Å². The van der Waals surface area contributed by atoms with Crippen LogP contribution in [0.25, 0.3) is 5.57 Å². The van der Waals surface area contributed by atoms with Gasteiger partial charge in [0.15, 0.2) is 4.80 Å². The molecule has 1 atom stereocenters. The molecule has 0 saturated heterocycles. The van der Waals surface area contributed by atoms with Gasteiger partial charge in [0, 0.05) is 12.1 Å². The molecule has 34 heavy (non-hydrogen) atoms. The number of hydrogen-bond donors (Lipinski definition) is 0. The van der Waals surface area contributed by atoms with Crippen LogP contribution in [0.3, 0.4) is 0 Å². The molecule has 8 nitrogen and oxygen atoms in total. The number of anilines is 1. The van der Waals surface area contributed by atoms with Gasteiger partial charge in [-0.1, -0.05) is 35.6 Å². The molecule has 0 saturated carbocycles. The van der Waals surface area contributed by atoms with Crippen molar-refractivity contribution in [3.05, 3.63) is 97.6 Å². The lowest BCUT2D eigenvalue weighted by atomic mass is 10.0. The summed E-state index contributed by atoms with van der Waals surface area (Å²) in [6.45, 7) is 7.66. The highest BCUT2D eigenvalue weighted by atomic mass is 32.1. The Hall–Kier alpha value is -3.98. The summed E-state index contributed by atoms with van der Waals surface area (Å²) < 4.78 is 12.6. The van der Waals surface area contributed by atoms with Crippen LogP contribution in [-0.2, 0) is 14.3 Å². The summed E-state index contributed by atoms with van der Waals surface area (Å²) >= 11 is 1.12. The van der Waals surface area contributed by atoms with Gasteiger partial charge in [-0.2, -0.15) is 0 Å². The highest BCUT2D eigenvalue weighted by Gasteiger charge is 2.37. The number of carbonyl (C=O) groups is 2. The van der Waals surface area contributed by atoms with E-state index in [-0.39, 0.29) is 22.6 Å². The third-order valence-corrected chi connectivity index (χ3v) is 6.82. The average Bonchev–Trinajstić information content (AvgIpc) is 3.52. The van der Waals surface area contributed by atoms with Gasteiger partial charge in [-0.3, -0.25) is 14.2 Å². The molecule has 5 rings (SSSR count). The minimum Gasteiger partial charge on any atom is -0.467 e. The monoisotopic (exact) mass is 475 g/mol. The molecule has 0 fully saturated rings. The van der Waals surface area contributed by atoms with Crippen molar-refractivity contribution in [2.24, 2.45) is 4.99 Å². The van der Waals surface area contributed by atoms with Gasteiger partial charge in [0.1, 0.15) is 16.3 Å². The van der Waals surface area contributed by atoms with Crippen molar-refractivity contribution in [1.82, 2.24) is 4.57 Å². The topological polar surface area (TPSA) is 94.1 Å². The second-order valence-electron chi connectivity index (χ2n) is 7.73. The Kier molecular flexibility index (Phi) is 5.41. The highest BCUT2D eigenvalue weighted by Crippen LogP contribution is 2.35. The zero-order valence-electron chi connectivity index (χ0n) is 18.6. The summed E-state index contributed by atoms with van der Waals surface area (Å²) in [7, 11) is 0. The number of furan rings is 1. The molecule has 0 unspecified atom stereocenters. The number of allylic oxidation sites excluding steroid dienone is 1. The molecule has 2 aromatic heterocycles. The lowest BCUT2D eigenvalue weighted by molar-refractivity contribution is -0.139. The molecule has 0 aliphatic carbocycles.